The standard InChI is InChI=1S/C13H11BrN.BF4/c1-11(15-8-3-2-4-9-15)12-6-5-7-13(14)10-12;2-1(3,4)5/h2-10H,1H2;/q+1;-1. The summed E-state index contributed by atoms with van der Waals surface area (Å²) < 4.78 is 42.1. The van der Waals surface area contributed by atoms with Gasteiger partial charge in [-0.1, -0.05) is 28.1 Å². The fourth-order valence-electron chi connectivity index (χ4n) is 1.40. The van der Waals surface area contributed by atoms with E-state index in [1.54, 1.807) is 0 Å². The van der Waals surface area contributed by atoms with Gasteiger partial charge in [0.15, 0.2) is 12.4 Å². The Bertz CT molecular complexity index is 566. The van der Waals surface area contributed by atoms with E-state index < -0.39 is 7.25 Å². The molecule has 0 radical (unpaired) electrons. The number of benzene rings is 1. The first-order valence-electron chi connectivity index (χ1n) is 5.56. The lowest BCUT2D eigenvalue weighted by molar-refractivity contribution is -0.578. The highest BCUT2D eigenvalue weighted by atomic mass is 79.9. The lowest BCUT2D eigenvalue weighted by Crippen LogP contribution is -2.30. The van der Waals surface area contributed by atoms with Crippen LogP contribution < -0.4 is 4.57 Å². The van der Waals surface area contributed by atoms with Crippen LogP contribution in [-0.4, -0.2) is 7.25 Å². The second-order valence-corrected chi connectivity index (χ2v) is 4.65. The third-order valence-corrected chi connectivity index (χ3v) is 2.68. The van der Waals surface area contributed by atoms with Crippen molar-refractivity contribution in [2.75, 3.05) is 0 Å². The second-order valence-electron chi connectivity index (χ2n) is 3.73. The lowest BCUT2D eigenvalue weighted by Gasteiger charge is -2.00. The molecule has 0 spiro atoms. The summed E-state index contributed by atoms with van der Waals surface area (Å²) in [5.74, 6) is 0. The van der Waals surface area contributed by atoms with Crippen LogP contribution in [0.4, 0.5) is 17.3 Å². The van der Waals surface area contributed by atoms with E-state index in [0.717, 1.165) is 15.7 Å². The summed E-state index contributed by atoms with van der Waals surface area (Å²) in [5.41, 5.74) is 2.08. The Balaban J connectivity index is 0.000000347. The fraction of sp³-hybridized carbons (Fsp3) is 0. The summed E-state index contributed by atoms with van der Waals surface area (Å²) in [4.78, 5) is 0. The van der Waals surface area contributed by atoms with Crippen molar-refractivity contribution in [1.82, 2.24) is 0 Å². The molecule has 1 heterocycles. The highest BCUT2D eigenvalue weighted by Crippen LogP contribution is 2.15. The molecule has 20 heavy (non-hydrogen) atoms. The molecule has 0 atom stereocenters. The van der Waals surface area contributed by atoms with Gasteiger partial charge in [0.25, 0.3) is 0 Å². The van der Waals surface area contributed by atoms with Gasteiger partial charge in [0.1, 0.15) is 0 Å². The number of halogens is 5. The molecule has 2 rings (SSSR count). The Labute approximate surface area is 122 Å². The van der Waals surface area contributed by atoms with E-state index in [4.69, 9.17) is 0 Å². The Morgan fingerprint density at radius 3 is 2.05 bits per heavy atom. The van der Waals surface area contributed by atoms with E-state index in [0.29, 0.717) is 0 Å². The minimum Gasteiger partial charge on any atom is -0.418 e. The molecule has 0 saturated carbocycles. The van der Waals surface area contributed by atoms with E-state index in [1.165, 1.54) is 0 Å². The predicted octanol–water partition coefficient (Wildman–Crippen LogP) is 4.56. The van der Waals surface area contributed by atoms with Gasteiger partial charge in [-0.3, -0.25) is 0 Å². The highest BCUT2D eigenvalue weighted by molar-refractivity contribution is 9.10. The summed E-state index contributed by atoms with van der Waals surface area (Å²) in [5, 5.41) is 0. The maximum atomic E-state index is 9.75. The quantitative estimate of drug-likeness (QED) is 0.426. The Kier molecular flexibility index (Phi) is 5.94. The van der Waals surface area contributed by atoms with Gasteiger partial charge in [-0.05, 0) is 24.8 Å². The van der Waals surface area contributed by atoms with E-state index in [2.05, 4.69) is 28.6 Å². The first-order valence-corrected chi connectivity index (χ1v) is 6.35. The van der Waals surface area contributed by atoms with Crippen LogP contribution in [0.15, 0.2) is 65.9 Å². The third-order valence-electron chi connectivity index (χ3n) is 2.19. The van der Waals surface area contributed by atoms with Crippen molar-refractivity contribution < 1.29 is 21.8 Å². The lowest BCUT2D eigenvalue weighted by atomic mass is 10.2. The van der Waals surface area contributed by atoms with Crippen LogP contribution in [0.1, 0.15) is 5.56 Å². The molecule has 0 amide bonds. The zero-order chi connectivity index (χ0) is 15.2. The molecule has 0 saturated heterocycles. The van der Waals surface area contributed by atoms with Crippen molar-refractivity contribution in [3.8, 4) is 0 Å². The molecular formula is C13H11BBrF4N. The van der Waals surface area contributed by atoms with Crippen LogP contribution in [0.5, 0.6) is 0 Å². The fourth-order valence-corrected chi connectivity index (χ4v) is 1.79. The van der Waals surface area contributed by atoms with Gasteiger partial charge in [-0.2, -0.15) is 4.57 Å². The molecule has 1 aromatic heterocycles. The van der Waals surface area contributed by atoms with Gasteiger partial charge < -0.3 is 17.3 Å². The van der Waals surface area contributed by atoms with E-state index in [9.17, 15) is 17.3 Å². The number of rotatable bonds is 2. The van der Waals surface area contributed by atoms with Crippen LogP contribution >= 0.6 is 15.9 Å². The normalized spacial score (nSPS) is 10.4. The molecule has 0 unspecified atom stereocenters. The Morgan fingerprint density at radius 1 is 1.00 bits per heavy atom. The number of hydrogen-bond acceptors (Lipinski definition) is 0. The van der Waals surface area contributed by atoms with E-state index in [1.807, 2.05) is 53.4 Å². The number of nitrogens with zero attached hydrogens (tertiary/aromatic N) is 1. The molecule has 1 aromatic carbocycles. The monoisotopic (exact) mass is 347 g/mol. The predicted molar refractivity (Wildman–Crippen MR) is 75.4 cm³/mol. The zero-order valence-corrected chi connectivity index (χ0v) is 11.9. The first kappa shape index (κ1) is 16.4. The molecule has 0 bridgehead atoms. The van der Waals surface area contributed by atoms with Gasteiger partial charge in [0.2, 0.25) is 5.70 Å². The van der Waals surface area contributed by atoms with Crippen molar-refractivity contribution in [2.24, 2.45) is 0 Å². The molecule has 7 heteroatoms. The van der Waals surface area contributed by atoms with Crippen molar-refractivity contribution in [3.05, 3.63) is 71.5 Å². The van der Waals surface area contributed by atoms with E-state index >= 15 is 0 Å². The van der Waals surface area contributed by atoms with Crippen molar-refractivity contribution >= 4 is 28.9 Å². The molecule has 0 fully saturated rings. The second kappa shape index (κ2) is 7.24. The van der Waals surface area contributed by atoms with Crippen molar-refractivity contribution in [3.63, 3.8) is 0 Å². The smallest absolute Gasteiger partial charge is 0.418 e. The minimum absolute atomic E-state index is 0.969. The number of pyridine rings is 1. The zero-order valence-electron chi connectivity index (χ0n) is 10.3. The maximum Gasteiger partial charge on any atom is 0.673 e. The van der Waals surface area contributed by atoms with Crippen LogP contribution in [0.25, 0.3) is 5.70 Å². The largest absolute Gasteiger partial charge is 0.673 e. The minimum atomic E-state index is -6.00. The third kappa shape index (κ3) is 6.52. The van der Waals surface area contributed by atoms with Crippen LogP contribution in [0.2, 0.25) is 0 Å². The average molecular weight is 348 g/mol. The van der Waals surface area contributed by atoms with Gasteiger partial charge in [0, 0.05) is 22.2 Å². The molecule has 0 aliphatic carbocycles. The van der Waals surface area contributed by atoms with Gasteiger partial charge in [0.05, 0.1) is 0 Å². The average Bonchev–Trinajstić information content (AvgIpc) is 2.37. The SMILES string of the molecule is C=C(c1cccc(Br)c1)[n+]1ccccc1.F[B-](F)(F)F. The van der Waals surface area contributed by atoms with Gasteiger partial charge in [-0.25, -0.2) is 0 Å². The summed E-state index contributed by atoms with van der Waals surface area (Å²) in [6, 6.07) is 14.1. The Morgan fingerprint density at radius 2 is 1.55 bits per heavy atom. The van der Waals surface area contributed by atoms with Crippen molar-refractivity contribution in [2.45, 2.75) is 0 Å². The topological polar surface area (TPSA) is 3.88 Å². The van der Waals surface area contributed by atoms with E-state index in [-0.39, 0.29) is 0 Å². The molecule has 1 nitrogen and oxygen atoms in total. The molecular weight excluding hydrogens is 337 g/mol. The van der Waals surface area contributed by atoms with Crippen LogP contribution in [0, 0.1) is 0 Å². The molecule has 2 aromatic rings. The summed E-state index contributed by atoms with van der Waals surface area (Å²) in [7, 11) is -6.00. The highest BCUT2D eigenvalue weighted by Gasteiger charge is 2.20. The molecule has 106 valence electrons. The Hall–Kier alpha value is -1.63. The van der Waals surface area contributed by atoms with Gasteiger partial charge in [-0.15, -0.1) is 0 Å². The van der Waals surface area contributed by atoms with Crippen LogP contribution in [0.3, 0.4) is 0 Å². The van der Waals surface area contributed by atoms with Crippen LogP contribution in [-0.2, 0) is 0 Å². The van der Waals surface area contributed by atoms with Gasteiger partial charge >= 0.3 is 7.25 Å². The summed E-state index contributed by atoms with van der Waals surface area (Å²) in [6.07, 6.45) is 3.98. The molecule has 0 aliphatic rings. The first-order chi connectivity index (χ1) is 9.27. The number of hydrogen-bond donors (Lipinski definition) is 0. The molecule has 0 aliphatic heterocycles. The summed E-state index contributed by atoms with van der Waals surface area (Å²) in [6.45, 7) is 4.08. The van der Waals surface area contributed by atoms with Crippen molar-refractivity contribution in [1.29, 1.82) is 0 Å². The maximum absolute atomic E-state index is 9.75. The summed E-state index contributed by atoms with van der Waals surface area (Å²) >= 11 is 3.45. The molecule has 0 N–H and O–H groups in total. The number of aromatic nitrogens is 1.